The van der Waals surface area contributed by atoms with Gasteiger partial charge in [0, 0.05) is 6.42 Å². The van der Waals surface area contributed by atoms with E-state index >= 15 is 0 Å². The van der Waals surface area contributed by atoms with Crippen molar-refractivity contribution < 1.29 is 9.22 Å². The van der Waals surface area contributed by atoms with Crippen molar-refractivity contribution in [1.29, 1.82) is 0 Å². The van der Waals surface area contributed by atoms with E-state index in [0.29, 0.717) is 0 Å². The summed E-state index contributed by atoms with van der Waals surface area (Å²) in [4.78, 5) is 11.2. The first-order valence-corrected chi connectivity index (χ1v) is 8.34. The van der Waals surface area contributed by atoms with E-state index in [1.165, 1.54) is 0 Å². The lowest BCUT2D eigenvalue weighted by Gasteiger charge is -2.38. The minimum atomic E-state index is -1.86. The molecule has 0 saturated carbocycles. The van der Waals surface area contributed by atoms with E-state index in [1.54, 1.807) is 6.08 Å². The van der Waals surface area contributed by atoms with Crippen molar-refractivity contribution in [2.45, 2.75) is 51.4 Å². The van der Waals surface area contributed by atoms with Gasteiger partial charge in [0.2, 0.25) is 5.78 Å². The zero-order valence-corrected chi connectivity index (χ0v) is 12.0. The Bertz CT molecular complexity index is 305. The molecule has 0 aliphatic carbocycles. The number of carbonyl (C=O) groups is 1. The summed E-state index contributed by atoms with van der Waals surface area (Å²) in [6.45, 7) is 14.4. The largest absolute Gasteiger partial charge is 0.410 e. The lowest BCUT2D eigenvalue weighted by Crippen LogP contribution is -2.43. The Balaban J connectivity index is 4.62. The molecule has 0 aliphatic rings. The highest BCUT2D eigenvalue weighted by atomic mass is 28.4. The van der Waals surface area contributed by atoms with E-state index in [0.717, 1.165) is 0 Å². The van der Waals surface area contributed by atoms with Gasteiger partial charge >= 0.3 is 0 Å². The molecule has 1 unspecified atom stereocenters. The number of terminal acetylenes is 1. The maximum atomic E-state index is 11.2. The molecule has 0 radical (unpaired) electrons. The molecule has 0 fully saturated rings. The third-order valence-corrected chi connectivity index (χ3v) is 7.57. The second kappa shape index (κ2) is 5.47. The van der Waals surface area contributed by atoms with E-state index in [2.05, 4.69) is 46.4 Å². The van der Waals surface area contributed by atoms with Gasteiger partial charge in [-0.2, -0.15) is 0 Å². The number of carbonyl (C=O) groups excluding carboxylic acids is 1. The summed E-state index contributed by atoms with van der Waals surface area (Å²) < 4.78 is 6.03. The Hall–Kier alpha value is -0.853. The molecule has 0 aromatic carbocycles. The molecule has 0 spiro atoms. The van der Waals surface area contributed by atoms with Crippen molar-refractivity contribution in [2.24, 2.45) is 0 Å². The average molecular weight is 238 g/mol. The van der Waals surface area contributed by atoms with Gasteiger partial charge in [-0.05, 0) is 24.1 Å². The van der Waals surface area contributed by atoms with Gasteiger partial charge in [0.05, 0.1) is 6.10 Å². The fraction of sp³-hybridized carbons (Fsp3) is 0.615. The van der Waals surface area contributed by atoms with Gasteiger partial charge in [0.25, 0.3) is 0 Å². The van der Waals surface area contributed by atoms with Crippen LogP contribution < -0.4 is 0 Å². The molecule has 0 rings (SSSR count). The highest BCUT2D eigenvalue weighted by Crippen LogP contribution is 2.37. The second-order valence-corrected chi connectivity index (χ2v) is 10.2. The third-order valence-electron chi connectivity index (χ3n) is 3.06. The molecular weight excluding hydrogens is 216 g/mol. The van der Waals surface area contributed by atoms with Crippen LogP contribution in [0, 0.1) is 12.3 Å². The number of hydrogen-bond donors (Lipinski definition) is 0. The summed E-state index contributed by atoms with van der Waals surface area (Å²) in [6.07, 6.45) is 6.68. The first-order chi connectivity index (χ1) is 7.14. The molecule has 3 heteroatoms. The maximum absolute atomic E-state index is 11.2. The fourth-order valence-corrected chi connectivity index (χ4v) is 2.26. The first kappa shape index (κ1) is 15.1. The number of Topliss-reactive ketones (excluding diaryl/α,β-unsaturated/α-hetero) is 1. The van der Waals surface area contributed by atoms with Gasteiger partial charge in [0.15, 0.2) is 8.32 Å². The second-order valence-electron chi connectivity index (χ2n) is 5.42. The topological polar surface area (TPSA) is 26.3 Å². The number of ketones is 1. The molecule has 0 saturated heterocycles. The minimum absolute atomic E-state index is 0.119. The standard InChI is InChI=1S/C13H22O2Si/c1-8-11(14)10-12(9-2)15-16(6,7)13(3,4)5/h1,9,12H,2,10H2,3-7H3. The van der Waals surface area contributed by atoms with Crippen molar-refractivity contribution in [3.63, 3.8) is 0 Å². The summed E-state index contributed by atoms with van der Waals surface area (Å²) in [5, 5.41) is 0.119. The molecule has 0 aliphatic heterocycles. The van der Waals surface area contributed by atoms with Crippen LogP contribution in [-0.4, -0.2) is 20.2 Å². The Kier molecular flexibility index (Phi) is 5.18. The van der Waals surface area contributed by atoms with Crippen molar-refractivity contribution in [1.82, 2.24) is 0 Å². The number of rotatable bonds is 5. The smallest absolute Gasteiger partial charge is 0.208 e. The fourth-order valence-electron chi connectivity index (χ4n) is 0.970. The third kappa shape index (κ3) is 4.34. The van der Waals surface area contributed by atoms with Crippen LogP contribution in [-0.2, 0) is 9.22 Å². The van der Waals surface area contributed by atoms with E-state index in [9.17, 15) is 4.79 Å². The first-order valence-electron chi connectivity index (χ1n) is 5.44. The number of hydrogen-bond acceptors (Lipinski definition) is 2. The Morgan fingerprint density at radius 1 is 1.56 bits per heavy atom. The molecule has 0 N–H and O–H groups in total. The Morgan fingerprint density at radius 2 is 2.06 bits per heavy atom. The quantitative estimate of drug-likeness (QED) is 0.318. The molecule has 0 bridgehead atoms. The minimum Gasteiger partial charge on any atom is -0.410 e. The molecule has 2 nitrogen and oxygen atoms in total. The van der Waals surface area contributed by atoms with Crippen molar-refractivity contribution in [2.75, 3.05) is 0 Å². The van der Waals surface area contributed by atoms with E-state index < -0.39 is 8.32 Å². The molecule has 0 amide bonds. The Morgan fingerprint density at radius 3 is 2.38 bits per heavy atom. The van der Waals surface area contributed by atoms with Gasteiger partial charge in [-0.1, -0.05) is 26.8 Å². The van der Waals surface area contributed by atoms with E-state index in [4.69, 9.17) is 10.8 Å². The monoisotopic (exact) mass is 238 g/mol. The maximum Gasteiger partial charge on any atom is 0.208 e. The zero-order valence-electron chi connectivity index (χ0n) is 11.0. The van der Waals surface area contributed by atoms with Crippen LogP contribution >= 0.6 is 0 Å². The lowest BCUT2D eigenvalue weighted by molar-refractivity contribution is -0.114. The SMILES string of the molecule is C#CC(=O)CC(C=C)O[Si](C)(C)C(C)(C)C. The van der Waals surface area contributed by atoms with Crippen LogP contribution in [0.5, 0.6) is 0 Å². The highest BCUT2D eigenvalue weighted by molar-refractivity contribution is 6.74. The van der Waals surface area contributed by atoms with Crippen LogP contribution in [0.3, 0.4) is 0 Å². The van der Waals surface area contributed by atoms with Gasteiger partial charge in [-0.3, -0.25) is 4.79 Å². The van der Waals surface area contributed by atoms with Gasteiger partial charge in [-0.25, -0.2) is 0 Å². The normalized spacial score (nSPS) is 14.0. The summed E-state index contributed by atoms with van der Waals surface area (Å²) in [5.41, 5.74) is 0. The van der Waals surface area contributed by atoms with Crippen LogP contribution in [0.25, 0.3) is 0 Å². The van der Waals surface area contributed by atoms with Gasteiger partial charge < -0.3 is 4.43 Å². The highest BCUT2D eigenvalue weighted by Gasteiger charge is 2.38. The summed E-state index contributed by atoms with van der Waals surface area (Å²) in [6, 6.07) is 0. The average Bonchev–Trinajstić information content (AvgIpc) is 2.14. The lowest BCUT2D eigenvalue weighted by atomic mass is 10.2. The van der Waals surface area contributed by atoms with Crippen molar-refractivity contribution in [3.8, 4) is 12.3 Å². The van der Waals surface area contributed by atoms with Crippen LogP contribution in [0.15, 0.2) is 12.7 Å². The van der Waals surface area contributed by atoms with Crippen molar-refractivity contribution >= 4 is 14.1 Å². The predicted molar refractivity (Wildman–Crippen MR) is 70.7 cm³/mol. The van der Waals surface area contributed by atoms with E-state index in [-0.39, 0.29) is 23.3 Å². The summed E-state index contributed by atoms with van der Waals surface area (Å²) in [7, 11) is -1.86. The molecule has 0 aromatic heterocycles. The molecule has 0 aromatic rings. The molecule has 16 heavy (non-hydrogen) atoms. The zero-order chi connectivity index (χ0) is 13.0. The summed E-state index contributed by atoms with van der Waals surface area (Å²) >= 11 is 0. The van der Waals surface area contributed by atoms with Crippen molar-refractivity contribution in [3.05, 3.63) is 12.7 Å². The molecular formula is C13H22O2Si. The molecule has 0 heterocycles. The van der Waals surface area contributed by atoms with Gasteiger partial charge in [-0.15, -0.1) is 13.0 Å². The Labute approximate surface area is 100 Å². The van der Waals surface area contributed by atoms with Crippen LogP contribution in [0.2, 0.25) is 18.1 Å². The molecule has 1 atom stereocenters. The predicted octanol–water partition coefficient (Wildman–Crippen LogP) is 3.16. The van der Waals surface area contributed by atoms with Crippen LogP contribution in [0.1, 0.15) is 27.2 Å². The van der Waals surface area contributed by atoms with Crippen LogP contribution in [0.4, 0.5) is 0 Å². The molecule has 90 valence electrons. The van der Waals surface area contributed by atoms with E-state index in [1.807, 2.05) is 0 Å². The van der Waals surface area contributed by atoms with Gasteiger partial charge in [0.1, 0.15) is 0 Å². The summed E-state index contributed by atoms with van der Waals surface area (Å²) in [5.74, 6) is 1.87.